The van der Waals surface area contributed by atoms with Crippen LogP contribution in [0.15, 0.2) is 24.3 Å². The third kappa shape index (κ3) is 3.66. The first kappa shape index (κ1) is 14.7. The highest BCUT2D eigenvalue weighted by atomic mass is 32.2. The molecular weight excluding hydrogens is 293 g/mol. The van der Waals surface area contributed by atoms with Gasteiger partial charge >= 0.3 is 6.18 Å². The molecular formula is C12H11F3N2O2S. The molecule has 1 aliphatic heterocycles. The number of hydrogen-bond donors (Lipinski definition) is 2. The van der Waals surface area contributed by atoms with Crippen LogP contribution in [0.4, 0.5) is 18.9 Å². The fraction of sp³-hybridized carbons (Fsp3) is 0.333. The number of carbonyl (C=O) groups excluding carboxylic acids is 2. The van der Waals surface area contributed by atoms with Crippen molar-refractivity contribution in [1.29, 1.82) is 0 Å². The highest BCUT2D eigenvalue weighted by Crippen LogP contribution is 2.29. The lowest BCUT2D eigenvalue weighted by Crippen LogP contribution is -2.49. The molecule has 0 aromatic heterocycles. The minimum absolute atomic E-state index is 0.228. The largest absolute Gasteiger partial charge is 0.416 e. The quantitative estimate of drug-likeness (QED) is 0.877. The van der Waals surface area contributed by atoms with Crippen molar-refractivity contribution in [2.45, 2.75) is 12.2 Å². The average molecular weight is 304 g/mol. The summed E-state index contributed by atoms with van der Waals surface area (Å²) >= 11 is 1.33. The van der Waals surface area contributed by atoms with Crippen LogP contribution in [-0.4, -0.2) is 29.4 Å². The molecule has 0 saturated carbocycles. The number of halogens is 3. The summed E-state index contributed by atoms with van der Waals surface area (Å²) < 4.78 is 37.1. The van der Waals surface area contributed by atoms with Crippen molar-refractivity contribution in [2.24, 2.45) is 0 Å². The lowest BCUT2D eigenvalue weighted by molar-refractivity contribution is -0.137. The lowest BCUT2D eigenvalue weighted by atomic mass is 10.2. The summed E-state index contributed by atoms with van der Waals surface area (Å²) in [6, 6.07) is 3.48. The zero-order valence-corrected chi connectivity index (χ0v) is 11.0. The second-order valence-electron chi connectivity index (χ2n) is 4.20. The molecule has 0 radical (unpaired) electrons. The van der Waals surface area contributed by atoms with Gasteiger partial charge in [-0.3, -0.25) is 9.59 Å². The summed E-state index contributed by atoms with van der Waals surface area (Å²) in [5.74, 6) is 0.0848. The van der Waals surface area contributed by atoms with E-state index >= 15 is 0 Å². The molecule has 1 aliphatic rings. The first-order valence-corrected chi connectivity index (χ1v) is 6.87. The third-order valence-corrected chi connectivity index (χ3v) is 3.68. The van der Waals surface area contributed by atoms with Crippen molar-refractivity contribution in [3.05, 3.63) is 29.8 Å². The maximum absolute atomic E-state index is 12.4. The highest BCUT2D eigenvalue weighted by Gasteiger charge is 2.30. The van der Waals surface area contributed by atoms with Gasteiger partial charge in [0.1, 0.15) is 6.04 Å². The molecule has 20 heavy (non-hydrogen) atoms. The van der Waals surface area contributed by atoms with Gasteiger partial charge < -0.3 is 10.6 Å². The fourth-order valence-electron chi connectivity index (χ4n) is 1.66. The number of anilines is 1. The van der Waals surface area contributed by atoms with Gasteiger partial charge in [-0.25, -0.2) is 0 Å². The Bertz CT molecular complexity index is 516. The van der Waals surface area contributed by atoms with Crippen LogP contribution in [0.5, 0.6) is 0 Å². The molecule has 1 aromatic rings. The second-order valence-corrected chi connectivity index (χ2v) is 5.23. The van der Waals surface area contributed by atoms with Crippen molar-refractivity contribution < 1.29 is 22.8 Å². The maximum Gasteiger partial charge on any atom is 0.416 e. The Morgan fingerprint density at radius 3 is 2.50 bits per heavy atom. The van der Waals surface area contributed by atoms with Crippen molar-refractivity contribution >= 4 is 29.3 Å². The Morgan fingerprint density at radius 1 is 1.30 bits per heavy atom. The summed E-state index contributed by atoms with van der Waals surface area (Å²) in [5, 5.41) is 5.00. The third-order valence-electron chi connectivity index (χ3n) is 2.65. The topological polar surface area (TPSA) is 58.2 Å². The van der Waals surface area contributed by atoms with Crippen LogP contribution in [0.1, 0.15) is 5.56 Å². The zero-order chi connectivity index (χ0) is 14.8. The molecule has 0 bridgehead atoms. The fourth-order valence-corrected chi connectivity index (χ4v) is 2.52. The molecule has 1 aromatic carbocycles. The zero-order valence-electron chi connectivity index (χ0n) is 10.2. The van der Waals surface area contributed by atoms with Crippen molar-refractivity contribution in [3.8, 4) is 0 Å². The van der Waals surface area contributed by atoms with Gasteiger partial charge in [0.25, 0.3) is 0 Å². The predicted molar refractivity (Wildman–Crippen MR) is 69.3 cm³/mol. The molecule has 2 rings (SSSR count). The van der Waals surface area contributed by atoms with E-state index in [0.717, 1.165) is 12.1 Å². The molecule has 2 N–H and O–H groups in total. The van der Waals surface area contributed by atoms with Crippen LogP contribution < -0.4 is 10.6 Å². The van der Waals surface area contributed by atoms with Gasteiger partial charge in [0.05, 0.1) is 11.3 Å². The van der Waals surface area contributed by atoms with E-state index in [1.165, 1.54) is 23.9 Å². The summed E-state index contributed by atoms with van der Waals surface area (Å²) in [7, 11) is 0. The summed E-state index contributed by atoms with van der Waals surface area (Å²) in [6.45, 7) is 0. The minimum Gasteiger partial charge on any atom is -0.343 e. The van der Waals surface area contributed by atoms with Crippen LogP contribution >= 0.6 is 11.8 Å². The normalized spacial score (nSPS) is 19.4. The van der Waals surface area contributed by atoms with Crippen LogP contribution in [0.3, 0.4) is 0 Å². The van der Waals surface area contributed by atoms with E-state index in [-0.39, 0.29) is 11.6 Å². The Morgan fingerprint density at radius 2 is 1.95 bits per heavy atom. The first-order chi connectivity index (χ1) is 9.36. The van der Waals surface area contributed by atoms with Crippen molar-refractivity contribution in [1.82, 2.24) is 5.32 Å². The standard InChI is InChI=1S/C12H11F3N2O2S/c13-12(14,15)7-1-3-8(4-2-7)16-11(19)9-5-20-6-10(18)17-9/h1-4,9H,5-6H2,(H,16,19)(H,17,18). The van der Waals surface area contributed by atoms with Gasteiger partial charge in [-0.05, 0) is 24.3 Å². The molecule has 1 unspecified atom stereocenters. The second kappa shape index (κ2) is 5.74. The monoisotopic (exact) mass is 304 g/mol. The number of rotatable bonds is 2. The number of amides is 2. The number of hydrogen-bond acceptors (Lipinski definition) is 3. The van der Waals surface area contributed by atoms with Gasteiger partial charge in [-0.15, -0.1) is 11.8 Å². The minimum atomic E-state index is -4.41. The van der Waals surface area contributed by atoms with Gasteiger partial charge in [-0.1, -0.05) is 0 Å². The molecule has 1 saturated heterocycles. The Kier molecular flexibility index (Phi) is 4.22. The van der Waals surface area contributed by atoms with Gasteiger partial charge in [0.2, 0.25) is 11.8 Å². The van der Waals surface area contributed by atoms with Gasteiger partial charge in [0.15, 0.2) is 0 Å². The lowest BCUT2D eigenvalue weighted by Gasteiger charge is -2.22. The molecule has 0 spiro atoms. The highest BCUT2D eigenvalue weighted by molar-refractivity contribution is 8.00. The summed E-state index contributed by atoms with van der Waals surface area (Å²) in [4.78, 5) is 23.0. The molecule has 4 nitrogen and oxygen atoms in total. The molecule has 1 fully saturated rings. The van der Waals surface area contributed by atoms with Gasteiger partial charge in [-0.2, -0.15) is 13.2 Å². The van der Waals surface area contributed by atoms with Crippen molar-refractivity contribution in [2.75, 3.05) is 16.8 Å². The average Bonchev–Trinajstić information content (AvgIpc) is 2.38. The van der Waals surface area contributed by atoms with Crippen LogP contribution in [0, 0.1) is 0 Å². The molecule has 108 valence electrons. The van der Waals surface area contributed by atoms with E-state index in [0.29, 0.717) is 11.5 Å². The maximum atomic E-state index is 12.4. The smallest absolute Gasteiger partial charge is 0.343 e. The molecule has 1 atom stereocenters. The van der Waals surface area contributed by atoms with Crippen LogP contribution in [0.25, 0.3) is 0 Å². The molecule has 2 amide bonds. The predicted octanol–water partition coefficient (Wildman–Crippen LogP) is 1.88. The van der Waals surface area contributed by atoms with E-state index in [9.17, 15) is 22.8 Å². The Labute approximate surface area is 117 Å². The van der Waals surface area contributed by atoms with E-state index in [4.69, 9.17) is 0 Å². The van der Waals surface area contributed by atoms with Crippen LogP contribution in [0.2, 0.25) is 0 Å². The van der Waals surface area contributed by atoms with E-state index < -0.39 is 23.7 Å². The summed E-state index contributed by atoms with van der Waals surface area (Å²) in [6.07, 6.45) is -4.41. The Balaban J connectivity index is 1.99. The molecule has 0 aliphatic carbocycles. The van der Waals surface area contributed by atoms with Crippen molar-refractivity contribution in [3.63, 3.8) is 0 Å². The van der Waals surface area contributed by atoms with Crippen LogP contribution in [-0.2, 0) is 15.8 Å². The van der Waals surface area contributed by atoms with Gasteiger partial charge in [0, 0.05) is 11.4 Å². The number of alkyl halides is 3. The summed E-state index contributed by atoms with van der Waals surface area (Å²) in [5.41, 5.74) is -0.523. The Hall–Kier alpha value is -1.70. The number of benzene rings is 1. The number of nitrogens with one attached hydrogen (secondary N) is 2. The SMILES string of the molecule is O=C1CSCC(C(=O)Nc2ccc(C(F)(F)F)cc2)N1. The van der Waals surface area contributed by atoms with E-state index in [1.807, 2.05) is 0 Å². The molecule has 1 heterocycles. The molecule has 8 heteroatoms. The number of thioether (sulfide) groups is 1. The van der Waals surface area contributed by atoms with E-state index in [2.05, 4.69) is 10.6 Å². The number of carbonyl (C=O) groups is 2. The van der Waals surface area contributed by atoms with E-state index in [1.54, 1.807) is 0 Å². The first-order valence-electron chi connectivity index (χ1n) is 5.71.